The molecular weight excluding hydrogens is 298 g/mol. The average molecular weight is 316 g/mol. The van der Waals surface area contributed by atoms with Gasteiger partial charge in [-0.1, -0.05) is 17.7 Å². The Morgan fingerprint density at radius 1 is 1.50 bits per heavy atom. The van der Waals surface area contributed by atoms with E-state index in [1.165, 1.54) is 11.3 Å². The summed E-state index contributed by atoms with van der Waals surface area (Å²) in [5.74, 6) is -1.19. The van der Waals surface area contributed by atoms with Crippen LogP contribution in [-0.4, -0.2) is 28.4 Å². The van der Waals surface area contributed by atoms with E-state index in [2.05, 4.69) is 6.58 Å². The van der Waals surface area contributed by atoms with Gasteiger partial charge >= 0.3 is 5.97 Å². The second-order valence-corrected chi connectivity index (χ2v) is 6.93. The fourth-order valence-corrected chi connectivity index (χ4v) is 2.70. The monoisotopic (exact) mass is 315 g/mol. The Bertz CT molecular complexity index is 510. The highest BCUT2D eigenvalue weighted by atomic mass is 35.5. The number of carbonyl (C=O) groups is 2. The maximum atomic E-state index is 12.3. The van der Waals surface area contributed by atoms with E-state index in [0.717, 1.165) is 4.88 Å². The molecule has 1 amide bonds. The van der Waals surface area contributed by atoms with E-state index >= 15 is 0 Å². The highest BCUT2D eigenvalue weighted by molar-refractivity contribution is 7.16. The fraction of sp³-hybridized carbons (Fsp3) is 0.429. The SMILES string of the molecule is C=CCN(Cc1ccc(Cl)s1)C(=O)CC(C)(C)C(=O)O. The summed E-state index contributed by atoms with van der Waals surface area (Å²) in [6, 6.07) is 3.64. The van der Waals surface area contributed by atoms with Gasteiger partial charge in [0.2, 0.25) is 5.91 Å². The van der Waals surface area contributed by atoms with Crippen molar-refractivity contribution in [2.45, 2.75) is 26.8 Å². The van der Waals surface area contributed by atoms with E-state index in [-0.39, 0.29) is 12.3 Å². The molecule has 1 heterocycles. The number of aliphatic carboxylic acids is 1. The van der Waals surface area contributed by atoms with Crippen molar-refractivity contribution in [3.05, 3.63) is 34.0 Å². The van der Waals surface area contributed by atoms with Gasteiger partial charge in [0.15, 0.2) is 0 Å². The molecule has 6 heteroatoms. The Hall–Kier alpha value is -1.33. The van der Waals surface area contributed by atoms with Gasteiger partial charge in [0.05, 0.1) is 16.3 Å². The molecule has 0 spiro atoms. The zero-order chi connectivity index (χ0) is 15.3. The maximum absolute atomic E-state index is 12.3. The molecule has 0 aliphatic heterocycles. The van der Waals surface area contributed by atoms with Crippen LogP contribution in [0.25, 0.3) is 0 Å². The van der Waals surface area contributed by atoms with Crippen LogP contribution in [0.3, 0.4) is 0 Å². The quantitative estimate of drug-likeness (QED) is 0.784. The summed E-state index contributed by atoms with van der Waals surface area (Å²) in [6.07, 6.45) is 1.58. The van der Waals surface area contributed by atoms with Crippen LogP contribution >= 0.6 is 22.9 Å². The first-order valence-electron chi connectivity index (χ1n) is 6.12. The van der Waals surface area contributed by atoms with E-state index in [1.54, 1.807) is 30.9 Å². The van der Waals surface area contributed by atoms with Crippen molar-refractivity contribution in [3.8, 4) is 0 Å². The zero-order valence-corrected chi connectivity index (χ0v) is 13.1. The summed E-state index contributed by atoms with van der Waals surface area (Å²) in [4.78, 5) is 25.9. The number of hydrogen-bond acceptors (Lipinski definition) is 3. The van der Waals surface area contributed by atoms with Gasteiger partial charge in [0, 0.05) is 17.8 Å². The summed E-state index contributed by atoms with van der Waals surface area (Å²) in [6.45, 7) is 7.51. The number of carbonyl (C=O) groups excluding carboxylic acids is 1. The van der Waals surface area contributed by atoms with Gasteiger partial charge in [-0.15, -0.1) is 17.9 Å². The van der Waals surface area contributed by atoms with Crippen molar-refractivity contribution in [1.29, 1.82) is 0 Å². The van der Waals surface area contributed by atoms with Crippen molar-refractivity contribution in [2.24, 2.45) is 5.41 Å². The van der Waals surface area contributed by atoms with Gasteiger partial charge in [-0.2, -0.15) is 0 Å². The van der Waals surface area contributed by atoms with Gasteiger partial charge in [-0.05, 0) is 26.0 Å². The van der Waals surface area contributed by atoms with Crippen molar-refractivity contribution < 1.29 is 14.7 Å². The van der Waals surface area contributed by atoms with Crippen LogP contribution in [0.1, 0.15) is 25.1 Å². The van der Waals surface area contributed by atoms with Crippen LogP contribution in [0.2, 0.25) is 4.34 Å². The molecule has 110 valence electrons. The lowest BCUT2D eigenvalue weighted by Gasteiger charge is -2.25. The second kappa shape index (κ2) is 6.90. The van der Waals surface area contributed by atoms with Crippen LogP contribution in [0, 0.1) is 5.41 Å². The first-order chi connectivity index (χ1) is 9.26. The molecule has 0 saturated heterocycles. The normalized spacial score (nSPS) is 11.2. The third-order valence-corrected chi connectivity index (χ3v) is 4.07. The zero-order valence-electron chi connectivity index (χ0n) is 11.6. The number of hydrogen-bond donors (Lipinski definition) is 1. The summed E-state index contributed by atoms with van der Waals surface area (Å²) in [5, 5.41) is 9.09. The van der Waals surface area contributed by atoms with Gasteiger partial charge in [-0.3, -0.25) is 9.59 Å². The van der Waals surface area contributed by atoms with Crippen molar-refractivity contribution in [1.82, 2.24) is 4.90 Å². The minimum Gasteiger partial charge on any atom is -0.481 e. The summed E-state index contributed by atoms with van der Waals surface area (Å²) in [7, 11) is 0. The molecule has 0 aromatic carbocycles. The molecule has 0 bridgehead atoms. The number of nitrogens with zero attached hydrogens (tertiary/aromatic N) is 1. The van der Waals surface area contributed by atoms with Crippen LogP contribution in [0.15, 0.2) is 24.8 Å². The molecular formula is C14H18ClNO3S. The third-order valence-electron chi connectivity index (χ3n) is 2.85. The molecule has 0 aliphatic rings. The highest BCUT2D eigenvalue weighted by Crippen LogP contribution is 2.25. The first kappa shape index (κ1) is 16.7. The summed E-state index contributed by atoms with van der Waals surface area (Å²) in [5.41, 5.74) is -1.08. The standard InChI is InChI=1S/C14H18ClNO3S/c1-4-7-16(9-10-5-6-11(15)20-10)12(17)8-14(2,3)13(18)19/h4-6H,1,7-9H2,2-3H3,(H,18,19). The van der Waals surface area contributed by atoms with Gasteiger partial charge in [0.25, 0.3) is 0 Å². The van der Waals surface area contributed by atoms with Crippen LogP contribution in [-0.2, 0) is 16.1 Å². The largest absolute Gasteiger partial charge is 0.481 e. The molecule has 4 nitrogen and oxygen atoms in total. The Morgan fingerprint density at radius 2 is 2.15 bits per heavy atom. The van der Waals surface area contributed by atoms with Crippen LogP contribution in [0.4, 0.5) is 0 Å². The van der Waals surface area contributed by atoms with E-state index in [1.807, 2.05) is 6.07 Å². The smallest absolute Gasteiger partial charge is 0.309 e. The van der Waals surface area contributed by atoms with Crippen LogP contribution < -0.4 is 0 Å². The average Bonchev–Trinajstić information content (AvgIpc) is 2.73. The van der Waals surface area contributed by atoms with E-state index in [0.29, 0.717) is 17.4 Å². The Morgan fingerprint density at radius 3 is 2.60 bits per heavy atom. The molecule has 0 radical (unpaired) electrons. The van der Waals surface area contributed by atoms with Gasteiger partial charge < -0.3 is 10.0 Å². The molecule has 1 N–H and O–H groups in total. The van der Waals surface area contributed by atoms with Crippen molar-refractivity contribution >= 4 is 34.8 Å². The van der Waals surface area contributed by atoms with Crippen LogP contribution in [0.5, 0.6) is 0 Å². The fourth-order valence-electron chi connectivity index (χ4n) is 1.60. The number of halogens is 1. The predicted octanol–water partition coefficient (Wildman–Crippen LogP) is 3.42. The van der Waals surface area contributed by atoms with Gasteiger partial charge in [-0.25, -0.2) is 0 Å². The lowest BCUT2D eigenvalue weighted by Crippen LogP contribution is -2.36. The minimum absolute atomic E-state index is 0.0463. The number of amides is 1. The minimum atomic E-state index is -1.08. The molecule has 0 fully saturated rings. The number of carboxylic acids is 1. The Kier molecular flexibility index (Phi) is 5.77. The first-order valence-corrected chi connectivity index (χ1v) is 7.32. The number of carboxylic acid groups (broad SMARTS) is 1. The molecule has 20 heavy (non-hydrogen) atoms. The number of rotatable bonds is 7. The van der Waals surface area contributed by atoms with E-state index in [9.17, 15) is 9.59 Å². The maximum Gasteiger partial charge on any atom is 0.309 e. The Balaban J connectivity index is 2.77. The molecule has 0 aliphatic carbocycles. The van der Waals surface area contributed by atoms with Crippen molar-refractivity contribution in [3.63, 3.8) is 0 Å². The van der Waals surface area contributed by atoms with Gasteiger partial charge in [0.1, 0.15) is 0 Å². The lowest BCUT2D eigenvalue weighted by atomic mass is 9.89. The summed E-state index contributed by atoms with van der Waals surface area (Å²) >= 11 is 7.27. The topological polar surface area (TPSA) is 57.6 Å². The van der Waals surface area contributed by atoms with E-state index < -0.39 is 11.4 Å². The molecule has 0 saturated carbocycles. The molecule has 1 aromatic heterocycles. The lowest BCUT2D eigenvalue weighted by molar-refractivity contribution is -0.151. The van der Waals surface area contributed by atoms with Crippen molar-refractivity contribution in [2.75, 3.05) is 6.54 Å². The summed E-state index contributed by atoms with van der Waals surface area (Å²) < 4.78 is 0.664. The molecule has 0 atom stereocenters. The second-order valence-electron chi connectivity index (χ2n) is 5.13. The molecule has 1 aromatic rings. The van der Waals surface area contributed by atoms with E-state index in [4.69, 9.17) is 16.7 Å². The number of thiophene rings is 1. The molecule has 0 unspecified atom stereocenters. The molecule has 1 rings (SSSR count). The predicted molar refractivity (Wildman–Crippen MR) is 81.0 cm³/mol. The third kappa shape index (κ3) is 4.65. The Labute approximate surface area is 127 Å². The highest BCUT2D eigenvalue weighted by Gasteiger charge is 2.32.